The van der Waals surface area contributed by atoms with E-state index >= 15 is 0 Å². The first-order chi connectivity index (χ1) is 6.45. The molecule has 1 atom stereocenters. The molecule has 1 aromatic carbocycles. The highest BCUT2D eigenvalue weighted by Crippen LogP contribution is 2.31. The zero-order valence-electron chi connectivity index (χ0n) is 7.60. The van der Waals surface area contributed by atoms with Gasteiger partial charge in [0, 0.05) is 0 Å². The fourth-order valence-electron chi connectivity index (χ4n) is 1.23. The largest absolute Gasteiger partial charge is 0.409 e. The summed E-state index contributed by atoms with van der Waals surface area (Å²) in [5.41, 5.74) is 2.66. The number of nitrogens with two attached hydrogens (primary N) is 1. The van der Waals surface area contributed by atoms with Crippen molar-refractivity contribution in [3.63, 3.8) is 0 Å². The van der Waals surface area contributed by atoms with Gasteiger partial charge in [0.15, 0.2) is 0 Å². The van der Waals surface area contributed by atoms with Crippen LogP contribution in [0.3, 0.4) is 0 Å². The van der Waals surface area contributed by atoms with Crippen molar-refractivity contribution in [3.05, 3.63) is 35.4 Å². The van der Waals surface area contributed by atoms with Gasteiger partial charge in [-0.2, -0.15) is 13.2 Å². The monoisotopic (exact) mass is 204 g/mol. The van der Waals surface area contributed by atoms with Gasteiger partial charge in [0.1, 0.15) is 6.04 Å². The van der Waals surface area contributed by atoms with Crippen molar-refractivity contribution in [1.82, 2.24) is 5.43 Å². The van der Waals surface area contributed by atoms with E-state index in [9.17, 15) is 13.2 Å². The summed E-state index contributed by atoms with van der Waals surface area (Å²) in [7, 11) is 0. The molecule has 0 amide bonds. The zero-order valence-corrected chi connectivity index (χ0v) is 7.60. The van der Waals surface area contributed by atoms with Gasteiger partial charge in [-0.15, -0.1) is 0 Å². The van der Waals surface area contributed by atoms with Crippen LogP contribution in [0.2, 0.25) is 0 Å². The second-order valence-corrected chi connectivity index (χ2v) is 3.06. The molecule has 3 N–H and O–H groups in total. The predicted octanol–water partition coefficient (Wildman–Crippen LogP) is 2.06. The number of hydrazine groups is 1. The SMILES string of the molecule is Cc1cccc(C(NN)C(F)(F)F)c1. The Bertz CT molecular complexity index is 309. The van der Waals surface area contributed by atoms with Crippen molar-refractivity contribution in [3.8, 4) is 0 Å². The molecule has 0 aromatic heterocycles. The van der Waals surface area contributed by atoms with Crippen LogP contribution in [0.25, 0.3) is 0 Å². The van der Waals surface area contributed by atoms with Crippen LogP contribution in [0.15, 0.2) is 24.3 Å². The smallest absolute Gasteiger partial charge is 0.271 e. The molecule has 0 fully saturated rings. The number of alkyl halides is 3. The second kappa shape index (κ2) is 3.98. The summed E-state index contributed by atoms with van der Waals surface area (Å²) in [6.45, 7) is 1.73. The second-order valence-electron chi connectivity index (χ2n) is 3.06. The van der Waals surface area contributed by atoms with Gasteiger partial charge in [0.25, 0.3) is 0 Å². The lowest BCUT2D eigenvalue weighted by Crippen LogP contribution is -2.38. The van der Waals surface area contributed by atoms with Crippen LogP contribution in [0.4, 0.5) is 13.2 Å². The summed E-state index contributed by atoms with van der Waals surface area (Å²) in [4.78, 5) is 0. The first-order valence-electron chi connectivity index (χ1n) is 4.04. The molecule has 1 rings (SSSR count). The number of nitrogens with one attached hydrogen (secondary N) is 1. The Hall–Kier alpha value is -1.07. The Morgan fingerprint density at radius 3 is 2.43 bits per heavy atom. The lowest BCUT2D eigenvalue weighted by Gasteiger charge is -2.19. The van der Waals surface area contributed by atoms with Gasteiger partial charge in [0.2, 0.25) is 0 Å². The highest BCUT2D eigenvalue weighted by molar-refractivity contribution is 5.25. The minimum Gasteiger partial charge on any atom is -0.271 e. The number of aryl methyl sites for hydroxylation is 1. The van der Waals surface area contributed by atoms with E-state index in [1.165, 1.54) is 12.1 Å². The molecule has 2 nitrogen and oxygen atoms in total. The van der Waals surface area contributed by atoms with Crippen molar-refractivity contribution < 1.29 is 13.2 Å². The standard InChI is InChI=1S/C9H11F3N2/c1-6-3-2-4-7(5-6)8(14-13)9(10,11)12/h2-5,8,14H,13H2,1H3. The Morgan fingerprint density at radius 1 is 1.36 bits per heavy atom. The number of halogens is 3. The van der Waals surface area contributed by atoms with Gasteiger partial charge < -0.3 is 0 Å². The maximum absolute atomic E-state index is 12.4. The maximum Gasteiger partial charge on any atom is 0.409 e. The van der Waals surface area contributed by atoms with Crippen LogP contribution in [0.5, 0.6) is 0 Å². The lowest BCUT2D eigenvalue weighted by molar-refractivity contribution is -0.157. The molecule has 0 saturated carbocycles. The molecule has 0 bridgehead atoms. The van der Waals surface area contributed by atoms with E-state index in [-0.39, 0.29) is 5.56 Å². The molecular weight excluding hydrogens is 193 g/mol. The molecule has 0 heterocycles. The topological polar surface area (TPSA) is 38.0 Å². The number of benzene rings is 1. The van der Waals surface area contributed by atoms with Crippen LogP contribution >= 0.6 is 0 Å². The first kappa shape index (κ1) is 11.0. The van der Waals surface area contributed by atoms with Gasteiger partial charge in [-0.05, 0) is 12.5 Å². The van der Waals surface area contributed by atoms with Crippen LogP contribution < -0.4 is 11.3 Å². The van der Waals surface area contributed by atoms with Crippen LogP contribution in [0.1, 0.15) is 17.2 Å². The Balaban J connectivity index is 3.01. The van der Waals surface area contributed by atoms with Gasteiger partial charge in [-0.25, -0.2) is 5.43 Å². The fraction of sp³-hybridized carbons (Fsp3) is 0.333. The highest BCUT2D eigenvalue weighted by Gasteiger charge is 2.39. The first-order valence-corrected chi connectivity index (χ1v) is 4.04. The highest BCUT2D eigenvalue weighted by atomic mass is 19.4. The Morgan fingerprint density at radius 2 is 2.00 bits per heavy atom. The van der Waals surface area contributed by atoms with Crippen molar-refractivity contribution in [2.24, 2.45) is 5.84 Å². The molecule has 5 heteroatoms. The van der Waals surface area contributed by atoms with Gasteiger partial charge >= 0.3 is 6.18 Å². The molecule has 1 unspecified atom stereocenters. The minimum absolute atomic E-state index is 0.125. The molecule has 0 aliphatic carbocycles. The molecule has 0 radical (unpaired) electrons. The van der Waals surface area contributed by atoms with E-state index in [4.69, 9.17) is 5.84 Å². The third-order valence-corrected chi connectivity index (χ3v) is 1.87. The molecule has 0 spiro atoms. The number of hydrogen-bond donors (Lipinski definition) is 2. The van der Waals surface area contributed by atoms with Gasteiger partial charge in [-0.3, -0.25) is 5.84 Å². The molecule has 0 aliphatic rings. The van der Waals surface area contributed by atoms with E-state index in [0.29, 0.717) is 0 Å². The third kappa shape index (κ3) is 2.46. The average molecular weight is 204 g/mol. The number of rotatable bonds is 2. The van der Waals surface area contributed by atoms with Gasteiger partial charge in [0.05, 0.1) is 0 Å². The van der Waals surface area contributed by atoms with Crippen LogP contribution in [-0.2, 0) is 0 Å². The number of hydrogen-bond acceptors (Lipinski definition) is 2. The van der Waals surface area contributed by atoms with Crippen molar-refractivity contribution >= 4 is 0 Å². The molecule has 0 aliphatic heterocycles. The van der Waals surface area contributed by atoms with E-state index in [2.05, 4.69) is 0 Å². The summed E-state index contributed by atoms with van der Waals surface area (Å²) < 4.78 is 37.2. The molecular formula is C9H11F3N2. The summed E-state index contributed by atoms with van der Waals surface area (Å²) in [6.07, 6.45) is -4.37. The Kier molecular flexibility index (Phi) is 3.13. The van der Waals surface area contributed by atoms with Crippen molar-refractivity contribution in [2.75, 3.05) is 0 Å². The summed E-state index contributed by atoms with van der Waals surface area (Å²) >= 11 is 0. The van der Waals surface area contributed by atoms with Crippen molar-refractivity contribution in [2.45, 2.75) is 19.1 Å². The minimum atomic E-state index is -4.37. The van der Waals surface area contributed by atoms with E-state index in [0.717, 1.165) is 5.56 Å². The molecule has 0 saturated heterocycles. The van der Waals surface area contributed by atoms with E-state index < -0.39 is 12.2 Å². The summed E-state index contributed by atoms with van der Waals surface area (Å²) in [5, 5.41) is 0. The maximum atomic E-state index is 12.4. The van der Waals surface area contributed by atoms with Crippen LogP contribution in [0, 0.1) is 6.92 Å². The normalized spacial score (nSPS) is 14.1. The molecule has 14 heavy (non-hydrogen) atoms. The Labute approximate surface area is 79.9 Å². The lowest BCUT2D eigenvalue weighted by atomic mass is 10.0. The quantitative estimate of drug-likeness (QED) is 0.571. The molecule has 78 valence electrons. The van der Waals surface area contributed by atoms with Crippen molar-refractivity contribution in [1.29, 1.82) is 0 Å². The van der Waals surface area contributed by atoms with Crippen LogP contribution in [-0.4, -0.2) is 6.18 Å². The predicted molar refractivity (Wildman–Crippen MR) is 47.3 cm³/mol. The summed E-state index contributed by atoms with van der Waals surface area (Å²) in [6, 6.07) is 4.35. The van der Waals surface area contributed by atoms with Gasteiger partial charge in [-0.1, -0.05) is 29.8 Å². The van der Waals surface area contributed by atoms with E-state index in [1.807, 2.05) is 0 Å². The zero-order chi connectivity index (χ0) is 10.8. The molecule has 1 aromatic rings. The van der Waals surface area contributed by atoms with E-state index in [1.54, 1.807) is 24.5 Å². The summed E-state index contributed by atoms with van der Waals surface area (Å²) in [5.74, 6) is 4.87. The third-order valence-electron chi connectivity index (χ3n) is 1.87. The average Bonchev–Trinajstić information content (AvgIpc) is 2.02. The fourth-order valence-corrected chi connectivity index (χ4v) is 1.23.